The molecule has 3 aromatic carbocycles. The minimum Gasteiger partial charge on any atom is -0.497 e. The summed E-state index contributed by atoms with van der Waals surface area (Å²) in [4.78, 5) is 0. The van der Waals surface area contributed by atoms with Gasteiger partial charge in [0.1, 0.15) is 5.75 Å². The van der Waals surface area contributed by atoms with Crippen molar-refractivity contribution in [2.75, 3.05) is 7.11 Å². The first-order chi connectivity index (χ1) is 12.8. The lowest BCUT2D eigenvalue weighted by molar-refractivity contribution is 0.415. The summed E-state index contributed by atoms with van der Waals surface area (Å²) in [5.74, 6) is 2.51. The number of hydrogen-bond acceptors (Lipinski definition) is 4. The highest BCUT2D eigenvalue weighted by atomic mass is 32.2. The lowest BCUT2D eigenvalue weighted by Gasteiger charge is -2.07. The third-order valence-corrected chi connectivity index (χ3v) is 5.47. The molecule has 1 aromatic heterocycles. The van der Waals surface area contributed by atoms with Crippen molar-refractivity contribution in [2.24, 2.45) is 7.05 Å². The van der Waals surface area contributed by atoms with Gasteiger partial charge < -0.3 is 9.30 Å². The van der Waals surface area contributed by atoms with Gasteiger partial charge in [-0.15, -0.1) is 10.2 Å². The predicted molar refractivity (Wildman–Crippen MR) is 107 cm³/mol. The second-order valence-electron chi connectivity index (χ2n) is 6.02. The molecule has 0 aliphatic heterocycles. The SMILES string of the molecule is COc1cccc(-c2nnc(SCc3cccc4ccccc34)n2C)c1. The van der Waals surface area contributed by atoms with E-state index in [4.69, 9.17) is 4.74 Å². The highest BCUT2D eigenvalue weighted by Gasteiger charge is 2.12. The number of aromatic nitrogens is 3. The minimum atomic E-state index is 0.815. The topological polar surface area (TPSA) is 39.9 Å². The molecule has 0 saturated carbocycles. The largest absolute Gasteiger partial charge is 0.497 e. The lowest BCUT2D eigenvalue weighted by atomic mass is 10.1. The van der Waals surface area contributed by atoms with Crippen LogP contribution in [-0.4, -0.2) is 21.9 Å². The molecule has 0 saturated heterocycles. The summed E-state index contributed by atoms with van der Waals surface area (Å²) in [5.41, 5.74) is 2.30. The molecule has 0 spiro atoms. The molecule has 0 N–H and O–H groups in total. The molecule has 4 rings (SSSR count). The maximum absolute atomic E-state index is 5.31. The first-order valence-electron chi connectivity index (χ1n) is 8.39. The molecule has 0 bridgehead atoms. The Morgan fingerprint density at radius 2 is 1.77 bits per heavy atom. The molecule has 1 heterocycles. The average Bonchev–Trinajstić information content (AvgIpc) is 3.07. The highest BCUT2D eigenvalue weighted by Crippen LogP contribution is 2.29. The Labute approximate surface area is 156 Å². The van der Waals surface area contributed by atoms with Gasteiger partial charge in [0.25, 0.3) is 0 Å². The Bertz CT molecular complexity index is 1050. The zero-order valence-corrected chi connectivity index (χ0v) is 15.5. The van der Waals surface area contributed by atoms with Gasteiger partial charge in [0.2, 0.25) is 0 Å². The smallest absolute Gasteiger partial charge is 0.191 e. The van der Waals surface area contributed by atoms with Gasteiger partial charge in [-0.05, 0) is 28.5 Å². The maximum atomic E-state index is 5.31. The Kier molecular flexibility index (Phi) is 4.63. The molecule has 0 atom stereocenters. The van der Waals surface area contributed by atoms with Crippen molar-refractivity contribution in [1.82, 2.24) is 14.8 Å². The van der Waals surface area contributed by atoms with Crippen molar-refractivity contribution >= 4 is 22.5 Å². The van der Waals surface area contributed by atoms with E-state index in [-0.39, 0.29) is 0 Å². The molecular formula is C21H19N3OS. The first-order valence-corrected chi connectivity index (χ1v) is 9.38. The monoisotopic (exact) mass is 361 g/mol. The molecule has 4 aromatic rings. The fourth-order valence-corrected chi connectivity index (χ4v) is 3.93. The third kappa shape index (κ3) is 3.18. The zero-order valence-electron chi connectivity index (χ0n) is 14.7. The summed E-state index contributed by atoms with van der Waals surface area (Å²) in [7, 11) is 3.67. The maximum Gasteiger partial charge on any atom is 0.191 e. The number of benzene rings is 3. The molecule has 26 heavy (non-hydrogen) atoms. The quantitative estimate of drug-likeness (QED) is 0.472. The third-order valence-electron chi connectivity index (χ3n) is 4.40. The van der Waals surface area contributed by atoms with Crippen LogP contribution >= 0.6 is 11.8 Å². The molecule has 5 heteroatoms. The van der Waals surface area contributed by atoms with Gasteiger partial charge in [-0.3, -0.25) is 0 Å². The molecule has 130 valence electrons. The predicted octanol–water partition coefficient (Wildman–Crippen LogP) is 4.94. The fraction of sp³-hybridized carbons (Fsp3) is 0.143. The Morgan fingerprint density at radius 3 is 2.65 bits per heavy atom. The molecule has 0 unspecified atom stereocenters. The molecular weight excluding hydrogens is 342 g/mol. The van der Waals surface area contributed by atoms with Crippen molar-refractivity contribution < 1.29 is 4.74 Å². The lowest BCUT2D eigenvalue weighted by Crippen LogP contribution is -1.95. The van der Waals surface area contributed by atoms with Crippen molar-refractivity contribution in [3.05, 3.63) is 72.3 Å². The molecule has 0 radical (unpaired) electrons. The first kappa shape index (κ1) is 16.7. The van der Waals surface area contributed by atoms with Crippen molar-refractivity contribution in [2.45, 2.75) is 10.9 Å². The van der Waals surface area contributed by atoms with Crippen LogP contribution in [0.5, 0.6) is 5.75 Å². The van der Waals surface area contributed by atoms with Crippen molar-refractivity contribution in [3.63, 3.8) is 0 Å². The normalized spacial score (nSPS) is 11.0. The molecule has 0 aliphatic carbocycles. The number of ether oxygens (including phenoxy) is 1. The van der Waals surface area contributed by atoms with E-state index in [9.17, 15) is 0 Å². The summed E-state index contributed by atoms with van der Waals surface area (Å²) in [6, 6.07) is 22.8. The Hall–Kier alpha value is -2.79. The Balaban J connectivity index is 1.59. The van der Waals surface area contributed by atoms with Gasteiger partial charge in [-0.25, -0.2) is 0 Å². The van der Waals surface area contributed by atoms with E-state index in [1.165, 1.54) is 16.3 Å². The van der Waals surface area contributed by atoms with Crippen molar-refractivity contribution in [1.29, 1.82) is 0 Å². The highest BCUT2D eigenvalue weighted by molar-refractivity contribution is 7.98. The van der Waals surface area contributed by atoms with Gasteiger partial charge in [0.15, 0.2) is 11.0 Å². The standard InChI is InChI=1S/C21H19N3OS/c1-24-20(16-9-6-11-18(13-16)25-2)22-23-21(24)26-14-17-10-5-8-15-7-3-4-12-19(15)17/h3-13H,14H2,1-2H3. The van der Waals surface area contributed by atoms with E-state index in [1.54, 1.807) is 18.9 Å². The second-order valence-corrected chi connectivity index (χ2v) is 6.97. The number of rotatable bonds is 5. The summed E-state index contributed by atoms with van der Waals surface area (Å²) in [6.07, 6.45) is 0. The number of nitrogens with zero attached hydrogens (tertiary/aromatic N) is 3. The van der Waals surface area contributed by atoms with Gasteiger partial charge >= 0.3 is 0 Å². The van der Waals surface area contributed by atoms with Crippen LogP contribution in [0.2, 0.25) is 0 Å². The van der Waals surface area contributed by atoms with Gasteiger partial charge in [-0.1, -0.05) is 66.4 Å². The van der Waals surface area contributed by atoms with Gasteiger partial charge in [0.05, 0.1) is 7.11 Å². The molecule has 4 nitrogen and oxygen atoms in total. The minimum absolute atomic E-state index is 0.815. The van der Waals surface area contributed by atoms with Gasteiger partial charge in [-0.2, -0.15) is 0 Å². The number of hydrogen-bond donors (Lipinski definition) is 0. The summed E-state index contributed by atoms with van der Waals surface area (Å²) in [6.45, 7) is 0. The number of fused-ring (bicyclic) bond motifs is 1. The van der Waals surface area contributed by atoms with E-state index < -0.39 is 0 Å². The van der Waals surface area contributed by atoms with Crippen LogP contribution in [0.3, 0.4) is 0 Å². The van der Waals surface area contributed by atoms with Crippen LogP contribution in [0.4, 0.5) is 0 Å². The van der Waals surface area contributed by atoms with Crippen LogP contribution in [-0.2, 0) is 12.8 Å². The van der Waals surface area contributed by atoms with E-state index in [0.717, 1.165) is 28.0 Å². The summed E-state index contributed by atoms with van der Waals surface area (Å²) < 4.78 is 7.34. The molecule has 0 aliphatic rings. The van der Waals surface area contributed by atoms with E-state index >= 15 is 0 Å². The number of thioether (sulfide) groups is 1. The zero-order chi connectivity index (χ0) is 17.9. The fourth-order valence-electron chi connectivity index (χ4n) is 3.01. The molecule has 0 amide bonds. The molecule has 0 fully saturated rings. The van der Waals surface area contributed by atoms with Crippen LogP contribution in [0.1, 0.15) is 5.56 Å². The van der Waals surface area contributed by atoms with Crippen LogP contribution in [0.25, 0.3) is 22.2 Å². The van der Waals surface area contributed by atoms with Crippen LogP contribution < -0.4 is 4.74 Å². The van der Waals surface area contributed by atoms with E-state index in [2.05, 4.69) is 52.7 Å². The summed E-state index contributed by atoms with van der Waals surface area (Å²) in [5, 5.41) is 12.2. The van der Waals surface area contributed by atoms with Crippen LogP contribution in [0.15, 0.2) is 71.9 Å². The average molecular weight is 361 g/mol. The van der Waals surface area contributed by atoms with E-state index in [0.29, 0.717) is 0 Å². The second kappa shape index (κ2) is 7.22. The van der Waals surface area contributed by atoms with E-state index in [1.807, 2.05) is 35.9 Å². The number of methoxy groups -OCH3 is 1. The summed E-state index contributed by atoms with van der Waals surface area (Å²) >= 11 is 1.70. The van der Waals surface area contributed by atoms with Crippen LogP contribution in [0, 0.1) is 0 Å². The van der Waals surface area contributed by atoms with Gasteiger partial charge in [0, 0.05) is 18.4 Å². The van der Waals surface area contributed by atoms with Crippen molar-refractivity contribution in [3.8, 4) is 17.1 Å². The Morgan fingerprint density at radius 1 is 0.962 bits per heavy atom.